The van der Waals surface area contributed by atoms with Gasteiger partial charge < -0.3 is 9.80 Å². The maximum Gasteiger partial charge on any atom is 0.206 e. The Bertz CT molecular complexity index is 797. The first-order chi connectivity index (χ1) is 11.4. The first-order valence-electron chi connectivity index (χ1n) is 8.73. The highest BCUT2D eigenvalue weighted by Crippen LogP contribution is 2.40. The van der Waals surface area contributed by atoms with Gasteiger partial charge >= 0.3 is 0 Å². The van der Waals surface area contributed by atoms with Gasteiger partial charge in [-0.3, -0.25) is 4.99 Å². The summed E-state index contributed by atoms with van der Waals surface area (Å²) in [6.45, 7) is 11.7. The van der Waals surface area contributed by atoms with Gasteiger partial charge in [0.15, 0.2) is 0 Å². The zero-order valence-electron chi connectivity index (χ0n) is 15.0. The van der Waals surface area contributed by atoms with E-state index in [1.807, 2.05) is 0 Å². The molecule has 3 nitrogen and oxygen atoms in total. The largest absolute Gasteiger partial charge is 0.308 e. The molecule has 4 rings (SSSR count). The lowest BCUT2D eigenvalue weighted by atomic mass is 9.87. The van der Waals surface area contributed by atoms with Crippen LogP contribution in [0.5, 0.6) is 0 Å². The number of rotatable bonds is 2. The zero-order chi connectivity index (χ0) is 16.9. The maximum atomic E-state index is 4.75. The summed E-state index contributed by atoms with van der Waals surface area (Å²) in [6.07, 6.45) is 0. The molecule has 2 aromatic rings. The van der Waals surface area contributed by atoms with E-state index in [9.17, 15) is 0 Å². The summed E-state index contributed by atoms with van der Waals surface area (Å²) in [5, 5.41) is 0. The standard InChI is InChI=1S/C21H25N3/c1-15-5-10-18-19(13-15)23-12-11-22-20(23)24(18)14-16-6-8-17(9-7-16)21(2,3)4/h5-10,13H,11-12,14H2,1-4H3. The lowest BCUT2D eigenvalue weighted by molar-refractivity contribution is 0.590. The number of benzene rings is 2. The molecular weight excluding hydrogens is 294 g/mol. The Labute approximate surface area is 144 Å². The molecule has 24 heavy (non-hydrogen) atoms. The summed E-state index contributed by atoms with van der Waals surface area (Å²) >= 11 is 0. The van der Waals surface area contributed by atoms with E-state index in [0.29, 0.717) is 0 Å². The maximum absolute atomic E-state index is 4.75. The van der Waals surface area contributed by atoms with Crippen LogP contribution in [0, 0.1) is 6.92 Å². The predicted octanol–water partition coefficient (Wildman–Crippen LogP) is 4.49. The fourth-order valence-electron chi connectivity index (χ4n) is 3.53. The van der Waals surface area contributed by atoms with Gasteiger partial charge in [-0.25, -0.2) is 0 Å². The molecule has 0 unspecified atom stereocenters. The fraction of sp³-hybridized carbons (Fsp3) is 0.381. The van der Waals surface area contributed by atoms with E-state index in [-0.39, 0.29) is 5.41 Å². The summed E-state index contributed by atoms with van der Waals surface area (Å²) in [7, 11) is 0. The lowest BCUT2D eigenvalue weighted by Crippen LogP contribution is -2.34. The summed E-state index contributed by atoms with van der Waals surface area (Å²) in [6, 6.07) is 15.7. The Morgan fingerprint density at radius 3 is 2.46 bits per heavy atom. The average molecular weight is 319 g/mol. The first-order valence-corrected chi connectivity index (χ1v) is 8.73. The number of hydrogen-bond acceptors (Lipinski definition) is 3. The van der Waals surface area contributed by atoms with E-state index in [2.05, 4.69) is 80.0 Å². The quantitative estimate of drug-likeness (QED) is 0.812. The van der Waals surface area contributed by atoms with Crippen molar-refractivity contribution in [3.63, 3.8) is 0 Å². The predicted molar refractivity (Wildman–Crippen MR) is 102 cm³/mol. The number of fused-ring (bicyclic) bond motifs is 3. The molecule has 0 saturated carbocycles. The molecule has 0 saturated heterocycles. The van der Waals surface area contributed by atoms with Gasteiger partial charge in [0.25, 0.3) is 0 Å². The van der Waals surface area contributed by atoms with Crippen molar-refractivity contribution in [3.8, 4) is 0 Å². The minimum atomic E-state index is 0.197. The zero-order valence-corrected chi connectivity index (χ0v) is 15.0. The smallest absolute Gasteiger partial charge is 0.206 e. The third-order valence-electron chi connectivity index (χ3n) is 4.93. The average Bonchev–Trinajstić information content (AvgIpc) is 3.10. The van der Waals surface area contributed by atoms with Crippen LogP contribution >= 0.6 is 0 Å². The van der Waals surface area contributed by atoms with Crippen LogP contribution in [-0.4, -0.2) is 19.0 Å². The molecule has 2 aromatic carbocycles. The van der Waals surface area contributed by atoms with Gasteiger partial charge in [-0.05, 0) is 41.2 Å². The van der Waals surface area contributed by atoms with E-state index in [0.717, 1.165) is 25.6 Å². The van der Waals surface area contributed by atoms with Crippen molar-refractivity contribution in [1.82, 2.24) is 0 Å². The molecule has 0 atom stereocenters. The second-order valence-corrected chi connectivity index (χ2v) is 7.86. The number of nitrogens with zero attached hydrogens (tertiary/aromatic N) is 3. The number of aliphatic imine (C=N–C) groups is 1. The minimum absolute atomic E-state index is 0.197. The van der Waals surface area contributed by atoms with Crippen LogP contribution in [0.1, 0.15) is 37.5 Å². The highest BCUT2D eigenvalue weighted by atomic mass is 15.5. The van der Waals surface area contributed by atoms with Gasteiger partial charge in [-0.2, -0.15) is 0 Å². The second kappa shape index (κ2) is 5.37. The van der Waals surface area contributed by atoms with Crippen molar-refractivity contribution in [2.45, 2.75) is 39.7 Å². The molecule has 0 aromatic heterocycles. The third-order valence-corrected chi connectivity index (χ3v) is 4.93. The molecule has 2 aliphatic heterocycles. The van der Waals surface area contributed by atoms with E-state index >= 15 is 0 Å². The van der Waals surface area contributed by atoms with Gasteiger partial charge in [-0.1, -0.05) is 51.1 Å². The van der Waals surface area contributed by atoms with Crippen molar-refractivity contribution >= 4 is 17.3 Å². The molecule has 2 aliphatic rings. The molecule has 0 amide bonds. The van der Waals surface area contributed by atoms with Gasteiger partial charge in [0.2, 0.25) is 5.96 Å². The highest BCUT2D eigenvalue weighted by Gasteiger charge is 2.35. The number of hydrogen-bond donors (Lipinski definition) is 0. The van der Waals surface area contributed by atoms with Crippen molar-refractivity contribution in [1.29, 1.82) is 0 Å². The molecule has 0 N–H and O–H groups in total. The van der Waals surface area contributed by atoms with E-state index in [4.69, 9.17) is 4.99 Å². The Kier molecular flexibility index (Phi) is 3.41. The molecule has 0 radical (unpaired) electrons. The summed E-state index contributed by atoms with van der Waals surface area (Å²) < 4.78 is 0. The Morgan fingerprint density at radius 1 is 1.00 bits per heavy atom. The Hall–Kier alpha value is -2.29. The molecule has 0 spiro atoms. The van der Waals surface area contributed by atoms with Crippen LogP contribution in [-0.2, 0) is 12.0 Å². The fourth-order valence-corrected chi connectivity index (χ4v) is 3.53. The molecule has 0 aliphatic carbocycles. The normalized spacial score (nSPS) is 16.2. The van der Waals surface area contributed by atoms with Crippen LogP contribution in [0.25, 0.3) is 0 Å². The van der Waals surface area contributed by atoms with E-state index in [1.165, 1.54) is 28.1 Å². The van der Waals surface area contributed by atoms with Gasteiger partial charge in [0, 0.05) is 6.54 Å². The van der Waals surface area contributed by atoms with Crippen LogP contribution in [0.3, 0.4) is 0 Å². The minimum Gasteiger partial charge on any atom is -0.308 e. The topological polar surface area (TPSA) is 18.8 Å². The third kappa shape index (κ3) is 2.48. The first kappa shape index (κ1) is 15.3. The molecule has 0 fully saturated rings. The summed E-state index contributed by atoms with van der Waals surface area (Å²) in [4.78, 5) is 9.45. The molecule has 2 heterocycles. The summed E-state index contributed by atoms with van der Waals surface area (Å²) in [5.74, 6) is 1.11. The molecule has 124 valence electrons. The van der Waals surface area contributed by atoms with Gasteiger partial charge in [0.1, 0.15) is 0 Å². The van der Waals surface area contributed by atoms with Crippen molar-refractivity contribution in [3.05, 3.63) is 59.2 Å². The van der Waals surface area contributed by atoms with Crippen LogP contribution in [0.2, 0.25) is 0 Å². The monoisotopic (exact) mass is 319 g/mol. The van der Waals surface area contributed by atoms with Crippen LogP contribution < -0.4 is 9.80 Å². The summed E-state index contributed by atoms with van der Waals surface area (Å²) in [5.41, 5.74) is 6.78. The lowest BCUT2D eigenvalue weighted by Gasteiger charge is -2.22. The Balaban J connectivity index is 1.65. The SMILES string of the molecule is Cc1ccc2c(c1)N1CCN=C1N2Cc1ccc(C(C)(C)C)cc1. The molecule has 0 bridgehead atoms. The number of guanidine groups is 1. The van der Waals surface area contributed by atoms with Gasteiger partial charge in [-0.15, -0.1) is 0 Å². The van der Waals surface area contributed by atoms with Crippen molar-refractivity contribution in [2.75, 3.05) is 22.9 Å². The highest BCUT2D eigenvalue weighted by molar-refractivity contribution is 6.17. The van der Waals surface area contributed by atoms with Gasteiger partial charge in [0.05, 0.1) is 24.5 Å². The van der Waals surface area contributed by atoms with E-state index < -0.39 is 0 Å². The van der Waals surface area contributed by atoms with Crippen LogP contribution in [0.4, 0.5) is 11.4 Å². The number of aryl methyl sites for hydroxylation is 1. The molecule has 3 heteroatoms. The number of anilines is 2. The van der Waals surface area contributed by atoms with Crippen molar-refractivity contribution in [2.24, 2.45) is 4.99 Å². The molecular formula is C21H25N3. The second-order valence-electron chi connectivity index (χ2n) is 7.86. The Morgan fingerprint density at radius 2 is 1.75 bits per heavy atom. The van der Waals surface area contributed by atoms with Crippen molar-refractivity contribution < 1.29 is 0 Å². The van der Waals surface area contributed by atoms with Crippen LogP contribution in [0.15, 0.2) is 47.5 Å². The van der Waals surface area contributed by atoms with E-state index in [1.54, 1.807) is 0 Å².